The second kappa shape index (κ2) is 10.5. The molecule has 8 nitrogen and oxygen atoms in total. The Kier molecular flexibility index (Phi) is 7.71. The first kappa shape index (κ1) is 21.4. The molecule has 2 amide bonds. The maximum absolute atomic E-state index is 11.6. The summed E-state index contributed by atoms with van der Waals surface area (Å²) in [5.41, 5.74) is 1.78. The fraction of sp³-hybridized carbons (Fsp3) is 0.619. The lowest BCUT2D eigenvalue weighted by atomic mass is 10.0. The molecule has 2 aliphatic heterocycles. The first-order valence-corrected chi connectivity index (χ1v) is 10.4. The number of piperidine rings is 1. The number of hydrogen-bond donors (Lipinski definition) is 3. The number of ether oxygens (including phenoxy) is 2. The number of aliphatic hydroxyl groups excluding tert-OH is 1. The molecule has 2 aliphatic rings. The second-order valence-electron chi connectivity index (χ2n) is 7.65. The molecule has 1 unspecified atom stereocenters. The van der Waals surface area contributed by atoms with E-state index in [0.29, 0.717) is 26.0 Å². The number of aliphatic hydroxyl groups is 1. The topological polar surface area (TPSA) is 100 Å². The average molecular weight is 405 g/mol. The minimum Gasteiger partial charge on any atom is -0.490 e. The van der Waals surface area contributed by atoms with E-state index in [-0.39, 0.29) is 24.6 Å². The van der Waals surface area contributed by atoms with Gasteiger partial charge in [-0.25, -0.2) is 4.79 Å². The minimum absolute atomic E-state index is 0.0196. The molecule has 29 heavy (non-hydrogen) atoms. The largest absolute Gasteiger partial charge is 0.490 e. The molecule has 1 fully saturated rings. The Balaban J connectivity index is 1.39. The summed E-state index contributed by atoms with van der Waals surface area (Å²) >= 11 is 0. The number of rotatable bonds is 8. The van der Waals surface area contributed by atoms with Gasteiger partial charge in [-0.05, 0) is 37.8 Å². The van der Waals surface area contributed by atoms with E-state index >= 15 is 0 Å². The molecule has 2 heterocycles. The van der Waals surface area contributed by atoms with Gasteiger partial charge in [0, 0.05) is 43.3 Å². The van der Waals surface area contributed by atoms with Crippen molar-refractivity contribution in [3.05, 3.63) is 23.8 Å². The van der Waals surface area contributed by atoms with Crippen LogP contribution in [0.5, 0.6) is 5.75 Å². The molecule has 8 heteroatoms. The summed E-state index contributed by atoms with van der Waals surface area (Å²) < 4.78 is 10.9. The van der Waals surface area contributed by atoms with Crippen molar-refractivity contribution in [2.24, 2.45) is 0 Å². The van der Waals surface area contributed by atoms with Gasteiger partial charge in [-0.15, -0.1) is 0 Å². The van der Waals surface area contributed by atoms with Crippen LogP contribution in [0.2, 0.25) is 0 Å². The molecule has 1 aromatic carbocycles. The monoisotopic (exact) mass is 405 g/mol. The van der Waals surface area contributed by atoms with Crippen LogP contribution in [0.25, 0.3) is 0 Å². The van der Waals surface area contributed by atoms with Gasteiger partial charge >= 0.3 is 6.09 Å². The molecule has 3 rings (SSSR count). The molecular formula is C21H31N3O5. The zero-order chi connectivity index (χ0) is 20.6. The lowest BCUT2D eigenvalue weighted by molar-refractivity contribution is -0.116. The predicted octanol–water partition coefficient (Wildman–Crippen LogP) is 1.91. The number of anilines is 1. The zero-order valence-electron chi connectivity index (χ0n) is 17.0. The van der Waals surface area contributed by atoms with E-state index < -0.39 is 6.10 Å². The van der Waals surface area contributed by atoms with Gasteiger partial charge in [-0.1, -0.05) is 13.0 Å². The van der Waals surface area contributed by atoms with Crippen molar-refractivity contribution in [3.8, 4) is 5.75 Å². The first-order valence-electron chi connectivity index (χ1n) is 10.4. The number of fused-ring (bicyclic) bond motifs is 1. The second-order valence-corrected chi connectivity index (χ2v) is 7.65. The fourth-order valence-electron chi connectivity index (χ4n) is 3.73. The smallest absolute Gasteiger partial charge is 0.407 e. The van der Waals surface area contributed by atoms with Crippen LogP contribution in [0, 0.1) is 0 Å². The highest BCUT2D eigenvalue weighted by molar-refractivity contribution is 5.94. The highest BCUT2D eigenvalue weighted by Gasteiger charge is 2.23. The Morgan fingerprint density at radius 1 is 1.34 bits per heavy atom. The predicted molar refractivity (Wildman–Crippen MR) is 109 cm³/mol. The van der Waals surface area contributed by atoms with Crippen molar-refractivity contribution < 1.29 is 24.2 Å². The van der Waals surface area contributed by atoms with E-state index in [9.17, 15) is 14.7 Å². The van der Waals surface area contributed by atoms with Gasteiger partial charge in [0.05, 0.1) is 6.61 Å². The molecule has 0 aromatic heterocycles. The van der Waals surface area contributed by atoms with Crippen molar-refractivity contribution in [1.82, 2.24) is 10.2 Å². The zero-order valence-corrected chi connectivity index (χ0v) is 17.0. The lowest BCUT2D eigenvalue weighted by Gasteiger charge is -2.33. The lowest BCUT2D eigenvalue weighted by Crippen LogP contribution is -2.47. The summed E-state index contributed by atoms with van der Waals surface area (Å²) in [7, 11) is 0. The maximum atomic E-state index is 11.6. The van der Waals surface area contributed by atoms with Crippen LogP contribution < -0.4 is 15.4 Å². The molecular weight excluding hydrogens is 374 g/mol. The Hall–Kier alpha value is -2.32. The van der Waals surface area contributed by atoms with Gasteiger partial charge in [0.2, 0.25) is 5.91 Å². The van der Waals surface area contributed by atoms with Crippen LogP contribution in [0.4, 0.5) is 10.5 Å². The van der Waals surface area contributed by atoms with Gasteiger partial charge in [0.15, 0.2) is 0 Å². The van der Waals surface area contributed by atoms with Gasteiger partial charge in [-0.3, -0.25) is 4.79 Å². The minimum atomic E-state index is -0.608. The van der Waals surface area contributed by atoms with Crippen molar-refractivity contribution >= 4 is 17.7 Å². The highest BCUT2D eigenvalue weighted by Crippen LogP contribution is 2.31. The summed E-state index contributed by atoms with van der Waals surface area (Å²) in [4.78, 5) is 25.4. The number of β-amino-alcohol motifs (C(OH)–C–C–N with tert-alkyl or cyclic N) is 1. The molecule has 160 valence electrons. The molecule has 1 aromatic rings. The molecule has 3 N–H and O–H groups in total. The Morgan fingerprint density at radius 3 is 2.90 bits per heavy atom. The Labute approximate surface area is 171 Å². The third-order valence-electron chi connectivity index (χ3n) is 5.26. The third-order valence-corrected chi connectivity index (χ3v) is 5.26. The van der Waals surface area contributed by atoms with E-state index in [1.165, 1.54) is 0 Å². The number of likely N-dealkylation sites (tertiary alicyclic amines) is 1. The van der Waals surface area contributed by atoms with E-state index in [4.69, 9.17) is 9.47 Å². The summed E-state index contributed by atoms with van der Waals surface area (Å²) in [6.07, 6.45) is 2.62. The molecule has 0 bridgehead atoms. The summed E-state index contributed by atoms with van der Waals surface area (Å²) in [5, 5.41) is 16.1. The van der Waals surface area contributed by atoms with E-state index in [1.807, 2.05) is 25.1 Å². The van der Waals surface area contributed by atoms with Gasteiger partial charge < -0.3 is 30.1 Å². The Morgan fingerprint density at radius 2 is 2.14 bits per heavy atom. The highest BCUT2D eigenvalue weighted by atomic mass is 16.5. The molecule has 0 aliphatic carbocycles. The van der Waals surface area contributed by atoms with Crippen LogP contribution in [-0.4, -0.2) is 67.0 Å². The summed E-state index contributed by atoms with van der Waals surface area (Å²) in [6.45, 7) is 4.74. The molecule has 0 radical (unpaired) electrons. The number of nitrogens with zero attached hydrogens (tertiary/aromatic N) is 1. The van der Waals surface area contributed by atoms with Crippen LogP contribution in [0.15, 0.2) is 18.2 Å². The number of hydrogen-bond acceptors (Lipinski definition) is 6. The van der Waals surface area contributed by atoms with Crippen LogP contribution in [0.1, 0.15) is 38.2 Å². The SMILES string of the molecule is CCCOC(=O)NC1CCN(CC(O)COc2cccc3c2CCC(=O)N3)CC1. The van der Waals surface area contributed by atoms with E-state index in [2.05, 4.69) is 15.5 Å². The summed E-state index contributed by atoms with van der Waals surface area (Å²) in [6, 6.07) is 5.70. The van der Waals surface area contributed by atoms with Crippen molar-refractivity contribution in [1.29, 1.82) is 0 Å². The van der Waals surface area contributed by atoms with Crippen molar-refractivity contribution in [3.63, 3.8) is 0 Å². The number of carbonyl (C=O) groups excluding carboxylic acids is 2. The molecule has 1 saturated heterocycles. The van der Waals surface area contributed by atoms with Crippen LogP contribution >= 0.6 is 0 Å². The van der Waals surface area contributed by atoms with Crippen molar-refractivity contribution in [2.45, 2.75) is 51.2 Å². The quantitative estimate of drug-likeness (QED) is 0.611. The average Bonchev–Trinajstić information content (AvgIpc) is 2.72. The molecule has 0 saturated carbocycles. The maximum Gasteiger partial charge on any atom is 0.407 e. The van der Waals surface area contributed by atoms with Crippen LogP contribution in [0.3, 0.4) is 0 Å². The normalized spacial score (nSPS) is 18.5. The third kappa shape index (κ3) is 6.33. The standard InChI is InChI=1S/C21H31N3O5/c1-2-12-28-21(27)22-15-8-10-24(11-9-15)13-16(25)14-29-19-5-3-4-18-17(19)6-7-20(26)23-18/h3-5,15-16,25H,2,6-14H2,1H3,(H,22,27)(H,23,26). The van der Waals surface area contributed by atoms with Gasteiger partial charge in [0.25, 0.3) is 0 Å². The molecule has 0 spiro atoms. The number of alkyl carbamates (subject to hydrolysis) is 1. The number of amides is 2. The molecule has 1 atom stereocenters. The first-order chi connectivity index (χ1) is 14.0. The number of nitrogens with one attached hydrogen (secondary N) is 2. The summed E-state index contributed by atoms with van der Waals surface area (Å²) in [5.74, 6) is 0.737. The van der Waals surface area contributed by atoms with E-state index in [0.717, 1.165) is 49.4 Å². The number of benzene rings is 1. The van der Waals surface area contributed by atoms with Gasteiger partial charge in [0.1, 0.15) is 18.5 Å². The van der Waals surface area contributed by atoms with Crippen LogP contribution in [-0.2, 0) is 16.0 Å². The fourth-order valence-corrected chi connectivity index (χ4v) is 3.73. The van der Waals surface area contributed by atoms with Crippen molar-refractivity contribution in [2.75, 3.05) is 38.2 Å². The van der Waals surface area contributed by atoms with E-state index in [1.54, 1.807) is 0 Å². The van der Waals surface area contributed by atoms with Gasteiger partial charge in [-0.2, -0.15) is 0 Å². The Bertz CT molecular complexity index is 704. The number of carbonyl (C=O) groups is 2.